The van der Waals surface area contributed by atoms with Gasteiger partial charge in [0.25, 0.3) is 5.56 Å². The van der Waals surface area contributed by atoms with Gasteiger partial charge < -0.3 is 4.74 Å². The quantitative estimate of drug-likeness (QED) is 0.235. The highest BCUT2D eigenvalue weighted by Gasteiger charge is 2.32. The number of unbranched alkanes of at least 4 members (excludes halogenated alkanes) is 2. The minimum absolute atomic E-state index is 0.131. The number of halogens is 2. The second-order valence-corrected chi connectivity index (χ2v) is 9.00. The number of rotatable bonds is 12. The molecule has 1 atom stereocenters. The molecule has 30 heavy (non-hydrogen) atoms. The van der Waals surface area contributed by atoms with Crippen molar-refractivity contribution >= 4 is 18.2 Å². The van der Waals surface area contributed by atoms with Gasteiger partial charge in [-0.1, -0.05) is 27.7 Å². The highest BCUT2D eigenvalue weighted by molar-refractivity contribution is 7.71. The highest BCUT2D eigenvalue weighted by atomic mass is 32.1. The van der Waals surface area contributed by atoms with Crippen LogP contribution in [0, 0.1) is 29.4 Å². The molecule has 0 aromatic carbocycles. The van der Waals surface area contributed by atoms with Gasteiger partial charge in [-0.15, -0.1) is 0 Å². The van der Waals surface area contributed by atoms with E-state index in [-0.39, 0.29) is 53.3 Å². The summed E-state index contributed by atoms with van der Waals surface area (Å²) in [5.41, 5.74) is -0.105. The Morgan fingerprint density at radius 1 is 1.20 bits per heavy atom. The molecule has 1 aromatic rings. The van der Waals surface area contributed by atoms with Crippen molar-refractivity contribution in [2.75, 3.05) is 6.61 Å². The maximum absolute atomic E-state index is 14.7. The van der Waals surface area contributed by atoms with Crippen LogP contribution in [-0.2, 0) is 22.1 Å². The Hall–Kier alpha value is -1.57. The second-order valence-electron chi connectivity index (χ2n) is 8.64. The lowest BCUT2D eigenvalue weighted by atomic mass is 9.88. The average molecular weight is 447 g/mol. The first-order chi connectivity index (χ1) is 13.9. The molecule has 0 saturated heterocycles. The number of ether oxygens (including phenoxy) is 1. The Balaban J connectivity index is 2.57. The van der Waals surface area contributed by atoms with E-state index in [1.807, 2.05) is 13.8 Å². The molecular formula is C22H36F2N2O3S. The molecule has 0 N–H and O–H groups in total. The number of aromatic nitrogens is 2. The van der Waals surface area contributed by atoms with Crippen LogP contribution in [0.2, 0.25) is 0 Å². The van der Waals surface area contributed by atoms with Crippen LogP contribution < -0.4 is 5.56 Å². The Kier molecular flexibility index (Phi) is 10.3. The van der Waals surface area contributed by atoms with E-state index in [0.717, 1.165) is 17.2 Å². The first-order valence-electron chi connectivity index (χ1n) is 10.8. The third-order valence-electron chi connectivity index (χ3n) is 5.21. The summed E-state index contributed by atoms with van der Waals surface area (Å²) in [7, 11) is 0. The van der Waals surface area contributed by atoms with Crippen LogP contribution in [-0.4, -0.2) is 21.7 Å². The maximum Gasteiger partial charge on any atom is 0.331 e. The third kappa shape index (κ3) is 7.29. The number of esters is 1. The van der Waals surface area contributed by atoms with Gasteiger partial charge in [-0.3, -0.25) is 18.7 Å². The van der Waals surface area contributed by atoms with Gasteiger partial charge in [0.05, 0.1) is 12.5 Å². The van der Waals surface area contributed by atoms with Crippen molar-refractivity contribution in [2.24, 2.45) is 17.8 Å². The van der Waals surface area contributed by atoms with Crippen LogP contribution in [0.3, 0.4) is 0 Å². The SMILES string of the molecule is CCn1c(=O)c(C)cn(C(F)(F)CCCCCOC(=O)C(CC(C)C)C(C)C)c1=S. The molecule has 0 spiro atoms. The lowest BCUT2D eigenvalue weighted by molar-refractivity contribution is -0.151. The predicted molar refractivity (Wildman–Crippen MR) is 117 cm³/mol. The molecule has 0 saturated carbocycles. The van der Waals surface area contributed by atoms with Gasteiger partial charge in [0.2, 0.25) is 0 Å². The monoisotopic (exact) mass is 446 g/mol. The number of hydrogen-bond donors (Lipinski definition) is 0. The van der Waals surface area contributed by atoms with E-state index in [2.05, 4.69) is 13.8 Å². The first-order valence-corrected chi connectivity index (χ1v) is 11.2. The molecule has 0 amide bonds. The van der Waals surface area contributed by atoms with Crippen LogP contribution in [0.15, 0.2) is 11.0 Å². The van der Waals surface area contributed by atoms with E-state index in [1.165, 1.54) is 11.5 Å². The maximum atomic E-state index is 14.7. The molecule has 0 aliphatic rings. The molecule has 1 rings (SSSR count). The third-order valence-corrected chi connectivity index (χ3v) is 5.63. The minimum Gasteiger partial charge on any atom is -0.465 e. The summed E-state index contributed by atoms with van der Waals surface area (Å²) in [5, 5.41) is 0. The number of aryl methyl sites for hydroxylation is 1. The summed E-state index contributed by atoms with van der Waals surface area (Å²) >= 11 is 5.10. The Bertz CT molecular complexity index is 816. The number of nitrogens with zero attached hydrogens (tertiary/aromatic N) is 2. The van der Waals surface area contributed by atoms with Crippen molar-refractivity contribution in [1.82, 2.24) is 9.13 Å². The van der Waals surface area contributed by atoms with E-state index in [9.17, 15) is 18.4 Å². The Morgan fingerprint density at radius 2 is 1.83 bits per heavy atom. The van der Waals surface area contributed by atoms with E-state index in [0.29, 0.717) is 18.8 Å². The van der Waals surface area contributed by atoms with E-state index in [4.69, 9.17) is 17.0 Å². The summed E-state index contributed by atoms with van der Waals surface area (Å²) in [4.78, 5) is 24.3. The van der Waals surface area contributed by atoms with Crippen LogP contribution >= 0.6 is 12.2 Å². The van der Waals surface area contributed by atoms with Crippen molar-refractivity contribution in [1.29, 1.82) is 0 Å². The fraction of sp³-hybridized carbons (Fsp3) is 0.773. The van der Waals surface area contributed by atoms with Gasteiger partial charge in [-0.25, -0.2) is 0 Å². The van der Waals surface area contributed by atoms with Gasteiger partial charge in [0.15, 0.2) is 4.77 Å². The lowest BCUT2D eigenvalue weighted by Crippen LogP contribution is -2.32. The molecule has 0 radical (unpaired) electrons. The standard InChI is InChI=1S/C22H36F2N2O3S/c1-7-25-19(27)17(6)14-26(21(25)30)22(23,24)11-9-8-10-12-29-20(28)18(16(4)5)13-15(2)3/h14-16,18H,7-13H2,1-6H3. The molecular weight excluding hydrogens is 410 g/mol. The molecule has 172 valence electrons. The van der Waals surface area contributed by atoms with Crippen LogP contribution in [0.4, 0.5) is 8.78 Å². The zero-order valence-electron chi connectivity index (χ0n) is 19.0. The zero-order chi connectivity index (χ0) is 23.1. The van der Waals surface area contributed by atoms with Gasteiger partial charge in [-0.2, -0.15) is 8.78 Å². The molecule has 1 aromatic heterocycles. The fourth-order valence-electron chi connectivity index (χ4n) is 3.41. The van der Waals surface area contributed by atoms with E-state index < -0.39 is 12.5 Å². The number of carbonyl (C=O) groups is 1. The van der Waals surface area contributed by atoms with Crippen molar-refractivity contribution in [2.45, 2.75) is 86.2 Å². The molecule has 0 bridgehead atoms. The van der Waals surface area contributed by atoms with E-state index >= 15 is 0 Å². The van der Waals surface area contributed by atoms with Crippen LogP contribution in [0.5, 0.6) is 0 Å². The molecule has 5 nitrogen and oxygen atoms in total. The largest absolute Gasteiger partial charge is 0.465 e. The van der Waals surface area contributed by atoms with Gasteiger partial charge in [-0.05, 0) is 63.6 Å². The van der Waals surface area contributed by atoms with Gasteiger partial charge in [0, 0.05) is 24.7 Å². The molecule has 0 aliphatic heterocycles. The van der Waals surface area contributed by atoms with Crippen LogP contribution in [0.25, 0.3) is 0 Å². The Morgan fingerprint density at radius 3 is 2.37 bits per heavy atom. The molecule has 8 heteroatoms. The first kappa shape index (κ1) is 26.5. The lowest BCUT2D eigenvalue weighted by Gasteiger charge is -2.22. The average Bonchev–Trinajstić information content (AvgIpc) is 2.65. The molecule has 1 heterocycles. The van der Waals surface area contributed by atoms with Crippen molar-refractivity contribution < 1.29 is 18.3 Å². The summed E-state index contributed by atoms with van der Waals surface area (Å²) in [5.74, 6) is 0.282. The van der Waals surface area contributed by atoms with Crippen molar-refractivity contribution in [3.05, 3.63) is 26.9 Å². The highest BCUT2D eigenvalue weighted by Crippen LogP contribution is 2.28. The zero-order valence-corrected chi connectivity index (χ0v) is 19.9. The summed E-state index contributed by atoms with van der Waals surface area (Å²) in [6.07, 6.45) is 2.84. The topological polar surface area (TPSA) is 53.2 Å². The number of carbonyl (C=O) groups excluding carboxylic acids is 1. The fourth-order valence-corrected chi connectivity index (χ4v) is 3.81. The molecule has 1 unspecified atom stereocenters. The summed E-state index contributed by atoms with van der Waals surface area (Å²) in [6, 6.07) is -3.18. The van der Waals surface area contributed by atoms with Crippen molar-refractivity contribution in [3.8, 4) is 0 Å². The summed E-state index contributed by atoms with van der Waals surface area (Å²) in [6.45, 7) is 11.8. The number of hydrogen-bond acceptors (Lipinski definition) is 4. The predicted octanol–water partition coefficient (Wildman–Crippen LogP) is 5.68. The normalized spacial score (nSPS) is 13.1. The minimum atomic E-state index is -3.18. The Labute approximate surface area is 183 Å². The molecule has 0 fully saturated rings. The van der Waals surface area contributed by atoms with Crippen molar-refractivity contribution in [3.63, 3.8) is 0 Å². The van der Waals surface area contributed by atoms with E-state index in [1.54, 1.807) is 6.92 Å². The second kappa shape index (κ2) is 11.7. The van der Waals surface area contributed by atoms with Crippen LogP contribution in [0.1, 0.15) is 72.3 Å². The smallest absolute Gasteiger partial charge is 0.331 e. The molecule has 0 aliphatic carbocycles. The van der Waals surface area contributed by atoms with Gasteiger partial charge >= 0.3 is 12.0 Å². The number of alkyl halides is 2. The van der Waals surface area contributed by atoms with Gasteiger partial charge in [0.1, 0.15) is 0 Å². The summed E-state index contributed by atoms with van der Waals surface area (Å²) < 4.78 is 36.5.